The Balaban J connectivity index is 2.89. The van der Waals surface area contributed by atoms with Crippen molar-refractivity contribution < 1.29 is 14.7 Å². The third-order valence-electron chi connectivity index (χ3n) is 3.47. The van der Waals surface area contributed by atoms with Gasteiger partial charge in [0, 0.05) is 23.2 Å². The summed E-state index contributed by atoms with van der Waals surface area (Å²) < 4.78 is 2.10. The van der Waals surface area contributed by atoms with Crippen molar-refractivity contribution in [1.82, 2.24) is 4.57 Å². The number of carbonyl (C=O) groups is 2. The van der Waals surface area contributed by atoms with Crippen LogP contribution in [0.5, 0.6) is 0 Å². The molecule has 0 aliphatic carbocycles. The zero-order valence-corrected chi connectivity index (χ0v) is 11.4. The van der Waals surface area contributed by atoms with Gasteiger partial charge < -0.3 is 9.67 Å². The first-order chi connectivity index (χ1) is 9.01. The molecule has 0 saturated carbocycles. The van der Waals surface area contributed by atoms with E-state index in [2.05, 4.69) is 11.5 Å². The minimum Gasteiger partial charge on any atom is -0.478 e. The highest BCUT2D eigenvalue weighted by atomic mass is 16.4. The first kappa shape index (κ1) is 13.3. The summed E-state index contributed by atoms with van der Waals surface area (Å²) in [6.45, 7) is 6.68. The van der Waals surface area contributed by atoms with Crippen LogP contribution in [-0.4, -0.2) is 21.9 Å². The largest absolute Gasteiger partial charge is 0.478 e. The van der Waals surface area contributed by atoms with E-state index in [0.29, 0.717) is 5.56 Å². The molecule has 2 aromatic rings. The Morgan fingerprint density at radius 1 is 1.37 bits per heavy atom. The van der Waals surface area contributed by atoms with Crippen molar-refractivity contribution in [3.63, 3.8) is 0 Å². The Labute approximate surface area is 111 Å². The molecule has 1 N–H and O–H groups in total. The normalized spacial score (nSPS) is 10.9. The summed E-state index contributed by atoms with van der Waals surface area (Å²) in [4.78, 5) is 22.4. The fraction of sp³-hybridized carbons (Fsp3) is 0.333. The quantitative estimate of drug-likeness (QED) is 0.858. The SMILES string of the molecule is CCCn1c(C)c(C=O)c2cc(C(=O)O)cc(C)c21. The molecule has 0 aliphatic rings. The van der Waals surface area contributed by atoms with Gasteiger partial charge in [0.2, 0.25) is 0 Å². The van der Waals surface area contributed by atoms with E-state index >= 15 is 0 Å². The van der Waals surface area contributed by atoms with Gasteiger partial charge in [-0.2, -0.15) is 0 Å². The summed E-state index contributed by atoms with van der Waals surface area (Å²) in [6.07, 6.45) is 1.78. The van der Waals surface area contributed by atoms with Crippen LogP contribution in [0.15, 0.2) is 12.1 Å². The summed E-state index contributed by atoms with van der Waals surface area (Å²) in [6, 6.07) is 3.25. The number of benzene rings is 1. The molecule has 0 fully saturated rings. The standard InChI is InChI=1S/C15H17NO3/c1-4-5-16-10(3)13(8-17)12-7-11(15(18)19)6-9(2)14(12)16/h6-8H,4-5H2,1-3H3,(H,18,19). The number of nitrogens with zero attached hydrogens (tertiary/aromatic N) is 1. The van der Waals surface area contributed by atoms with E-state index in [-0.39, 0.29) is 5.56 Å². The van der Waals surface area contributed by atoms with Gasteiger partial charge in [-0.15, -0.1) is 0 Å². The zero-order chi connectivity index (χ0) is 14.2. The number of aromatic carboxylic acids is 1. The van der Waals surface area contributed by atoms with Gasteiger partial charge >= 0.3 is 5.97 Å². The van der Waals surface area contributed by atoms with Crippen LogP contribution >= 0.6 is 0 Å². The molecule has 4 nitrogen and oxygen atoms in total. The second-order valence-electron chi connectivity index (χ2n) is 4.76. The lowest BCUT2D eigenvalue weighted by molar-refractivity contribution is 0.0696. The number of fused-ring (bicyclic) bond motifs is 1. The number of aromatic nitrogens is 1. The second kappa shape index (κ2) is 4.88. The van der Waals surface area contributed by atoms with Gasteiger partial charge in [-0.3, -0.25) is 4.79 Å². The number of carbonyl (C=O) groups excluding carboxylic acids is 1. The van der Waals surface area contributed by atoms with Gasteiger partial charge in [0.1, 0.15) is 0 Å². The van der Waals surface area contributed by atoms with Gasteiger partial charge in [-0.1, -0.05) is 6.92 Å². The number of carboxylic acid groups (broad SMARTS) is 1. The topological polar surface area (TPSA) is 59.3 Å². The Morgan fingerprint density at radius 3 is 2.58 bits per heavy atom. The summed E-state index contributed by atoms with van der Waals surface area (Å²) in [5, 5.41) is 9.85. The van der Waals surface area contributed by atoms with E-state index in [1.54, 1.807) is 12.1 Å². The lowest BCUT2D eigenvalue weighted by atomic mass is 10.0. The fourth-order valence-corrected chi connectivity index (χ4v) is 2.63. The smallest absolute Gasteiger partial charge is 0.335 e. The fourth-order valence-electron chi connectivity index (χ4n) is 2.63. The second-order valence-corrected chi connectivity index (χ2v) is 4.76. The van der Waals surface area contributed by atoms with Gasteiger partial charge in [-0.05, 0) is 38.0 Å². The molecular formula is C15H17NO3. The molecule has 100 valence electrons. The predicted molar refractivity (Wildman–Crippen MR) is 74.0 cm³/mol. The maximum absolute atomic E-state index is 11.3. The molecule has 1 aromatic heterocycles. The van der Waals surface area contributed by atoms with E-state index in [9.17, 15) is 9.59 Å². The Kier molecular flexibility index (Phi) is 3.42. The van der Waals surface area contributed by atoms with Crippen LogP contribution < -0.4 is 0 Å². The third-order valence-corrected chi connectivity index (χ3v) is 3.47. The molecule has 0 atom stereocenters. The van der Waals surface area contributed by atoms with Gasteiger partial charge in [0.15, 0.2) is 6.29 Å². The Bertz CT molecular complexity index is 668. The number of aryl methyl sites for hydroxylation is 2. The highest BCUT2D eigenvalue weighted by molar-refractivity contribution is 6.04. The van der Waals surface area contributed by atoms with Crippen molar-refractivity contribution in [1.29, 1.82) is 0 Å². The van der Waals surface area contributed by atoms with Crippen molar-refractivity contribution in [2.75, 3.05) is 0 Å². The summed E-state index contributed by atoms with van der Waals surface area (Å²) in [5.41, 5.74) is 3.57. The Morgan fingerprint density at radius 2 is 2.05 bits per heavy atom. The molecule has 0 amide bonds. The molecule has 0 aliphatic heterocycles. The highest BCUT2D eigenvalue weighted by Crippen LogP contribution is 2.29. The van der Waals surface area contributed by atoms with Crippen LogP contribution in [0.25, 0.3) is 10.9 Å². The Hall–Kier alpha value is -2.10. The van der Waals surface area contributed by atoms with E-state index in [4.69, 9.17) is 5.11 Å². The van der Waals surface area contributed by atoms with Crippen molar-refractivity contribution in [2.45, 2.75) is 33.7 Å². The van der Waals surface area contributed by atoms with E-state index < -0.39 is 5.97 Å². The van der Waals surface area contributed by atoms with Crippen LogP contribution in [0.4, 0.5) is 0 Å². The summed E-state index contributed by atoms with van der Waals surface area (Å²) in [5.74, 6) is -0.970. The summed E-state index contributed by atoms with van der Waals surface area (Å²) >= 11 is 0. The van der Waals surface area contributed by atoms with Crippen molar-refractivity contribution in [3.05, 3.63) is 34.5 Å². The van der Waals surface area contributed by atoms with Crippen LogP contribution in [0, 0.1) is 13.8 Å². The van der Waals surface area contributed by atoms with Crippen molar-refractivity contribution in [3.8, 4) is 0 Å². The van der Waals surface area contributed by atoms with Crippen LogP contribution in [0.2, 0.25) is 0 Å². The van der Waals surface area contributed by atoms with Crippen LogP contribution in [0.1, 0.15) is 45.3 Å². The van der Waals surface area contributed by atoms with Crippen LogP contribution in [0.3, 0.4) is 0 Å². The number of hydrogen-bond acceptors (Lipinski definition) is 2. The van der Waals surface area contributed by atoms with E-state index in [1.165, 1.54) is 0 Å². The van der Waals surface area contributed by atoms with Crippen molar-refractivity contribution >= 4 is 23.2 Å². The monoisotopic (exact) mass is 259 g/mol. The average Bonchev–Trinajstić information content (AvgIpc) is 2.63. The highest BCUT2D eigenvalue weighted by Gasteiger charge is 2.17. The maximum atomic E-state index is 11.3. The van der Waals surface area contributed by atoms with Gasteiger partial charge in [-0.25, -0.2) is 4.79 Å². The number of rotatable bonds is 4. The molecule has 4 heteroatoms. The van der Waals surface area contributed by atoms with E-state index in [0.717, 1.165) is 41.4 Å². The minimum absolute atomic E-state index is 0.224. The molecule has 0 unspecified atom stereocenters. The number of hydrogen-bond donors (Lipinski definition) is 1. The lowest BCUT2D eigenvalue weighted by Gasteiger charge is -2.08. The van der Waals surface area contributed by atoms with E-state index in [1.807, 2.05) is 13.8 Å². The maximum Gasteiger partial charge on any atom is 0.335 e. The molecule has 0 saturated heterocycles. The van der Waals surface area contributed by atoms with Crippen LogP contribution in [-0.2, 0) is 6.54 Å². The lowest BCUT2D eigenvalue weighted by Crippen LogP contribution is -2.01. The molecule has 0 bridgehead atoms. The first-order valence-corrected chi connectivity index (χ1v) is 6.33. The predicted octanol–water partition coefficient (Wildman–Crippen LogP) is 3.18. The molecule has 0 radical (unpaired) electrons. The molecular weight excluding hydrogens is 242 g/mol. The van der Waals surface area contributed by atoms with Gasteiger partial charge in [0.05, 0.1) is 11.1 Å². The zero-order valence-electron chi connectivity index (χ0n) is 11.4. The molecule has 0 spiro atoms. The van der Waals surface area contributed by atoms with Gasteiger partial charge in [0.25, 0.3) is 0 Å². The van der Waals surface area contributed by atoms with Crippen molar-refractivity contribution in [2.24, 2.45) is 0 Å². The minimum atomic E-state index is -0.970. The third kappa shape index (κ3) is 2.03. The molecule has 19 heavy (non-hydrogen) atoms. The molecule has 1 aromatic carbocycles. The first-order valence-electron chi connectivity index (χ1n) is 6.33. The number of carboxylic acids is 1. The molecule has 2 rings (SSSR count). The average molecular weight is 259 g/mol. The molecule has 1 heterocycles. The number of aldehydes is 1. The summed E-state index contributed by atoms with van der Waals surface area (Å²) in [7, 11) is 0.